The minimum Gasteiger partial charge on any atom is -0.495 e. The molecule has 80 valence electrons. The van der Waals surface area contributed by atoms with Crippen molar-refractivity contribution in [2.75, 3.05) is 7.11 Å². The van der Waals surface area contributed by atoms with Crippen LogP contribution in [0.4, 0.5) is 0 Å². The summed E-state index contributed by atoms with van der Waals surface area (Å²) in [4.78, 5) is 0. The summed E-state index contributed by atoms with van der Waals surface area (Å²) in [6.45, 7) is 1.77. The molecule has 2 rings (SSSR count). The Morgan fingerprint density at radius 3 is 2.73 bits per heavy atom. The zero-order valence-corrected chi connectivity index (χ0v) is 9.19. The van der Waals surface area contributed by atoms with Crippen LogP contribution in [0.15, 0.2) is 24.4 Å². The number of fused-ring (bicyclic) bond motifs is 1. The van der Waals surface area contributed by atoms with Gasteiger partial charge in [0.2, 0.25) is 0 Å². The third kappa shape index (κ3) is 1.49. The number of benzene rings is 1. The standard InChI is InChI=1S/C12H15NO2/c1-8(14)10-7-13(2)12-9(10)5-4-6-11(12)15-3/h4-8,14H,1-3H3. The predicted octanol–water partition coefficient (Wildman–Crippen LogP) is 2.24. The monoisotopic (exact) mass is 205 g/mol. The first-order chi connectivity index (χ1) is 7.15. The van der Waals surface area contributed by atoms with Crippen LogP contribution >= 0.6 is 0 Å². The maximum Gasteiger partial charge on any atom is 0.143 e. The van der Waals surface area contributed by atoms with Gasteiger partial charge in [0.25, 0.3) is 0 Å². The molecule has 15 heavy (non-hydrogen) atoms. The van der Waals surface area contributed by atoms with E-state index < -0.39 is 6.10 Å². The molecule has 3 nitrogen and oxygen atoms in total. The van der Waals surface area contributed by atoms with E-state index in [0.717, 1.165) is 22.2 Å². The third-order valence-corrected chi connectivity index (χ3v) is 2.67. The third-order valence-electron chi connectivity index (χ3n) is 2.67. The van der Waals surface area contributed by atoms with Crippen LogP contribution in [0, 0.1) is 0 Å². The normalized spacial score (nSPS) is 13.1. The van der Waals surface area contributed by atoms with Gasteiger partial charge in [0, 0.05) is 24.2 Å². The second-order valence-corrected chi connectivity index (χ2v) is 3.73. The zero-order valence-electron chi connectivity index (χ0n) is 9.19. The van der Waals surface area contributed by atoms with E-state index in [9.17, 15) is 5.11 Å². The summed E-state index contributed by atoms with van der Waals surface area (Å²) < 4.78 is 7.28. The molecule has 1 atom stereocenters. The lowest BCUT2D eigenvalue weighted by Crippen LogP contribution is -1.89. The van der Waals surface area contributed by atoms with Crippen LogP contribution in [0.1, 0.15) is 18.6 Å². The molecule has 1 unspecified atom stereocenters. The van der Waals surface area contributed by atoms with Gasteiger partial charge in [-0.25, -0.2) is 0 Å². The summed E-state index contributed by atoms with van der Waals surface area (Å²) in [7, 11) is 3.61. The molecular weight excluding hydrogens is 190 g/mol. The molecule has 1 aromatic heterocycles. The van der Waals surface area contributed by atoms with Crippen molar-refractivity contribution in [2.24, 2.45) is 7.05 Å². The van der Waals surface area contributed by atoms with Crippen molar-refractivity contribution in [3.05, 3.63) is 30.0 Å². The average Bonchev–Trinajstić information content (AvgIpc) is 2.56. The van der Waals surface area contributed by atoms with E-state index in [1.807, 2.05) is 36.0 Å². The van der Waals surface area contributed by atoms with E-state index in [1.54, 1.807) is 14.0 Å². The first kappa shape index (κ1) is 10.1. The number of aliphatic hydroxyl groups excluding tert-OH is 1. The SMILES string of the molecule is COc1cccc2c(C(C)O)cn(C)c12. The number of aromatic nitrogens is 1. The fourth-order valence-corrected chi connectivity index (χ4v) is 1.96. The van der Waals surface area contributed by atoms with E-state index in [0.29, 0.717) is 0 Å². The number of hydrogen-bond donors (Lipinski definition) is 1. The minimum atomic E-state index is -0.458. The van der Waals surface area contributed by atoms with Crippen molar-refractivity contribution in [3.63, 3.8) is 0 Å². The fourth-order valence-electron chi connectivity index (χ4n) is 1.96. The molecule has 0 bridgehead atoms. The smallest absolute Gasteiger partial charge is 0.143 e. The second-order valence-electron chi connectivity index (χ2n) is 3.73. The molecule has 1 N–H and O–H groups in total. The van der Waals surface area contributed by atoms with Crippen LogP contribution in [0.25, 0.3) is 10.9 Å². The second kappa shape index (κ2) is 3.59. The molecule has 0 amide bonds. The Morgan fingerprint density at radius 1 is 1.40 bits per heavy atom. The lowest BCUT2D eigenvalue weighted by atomic mass is 10.1. The molecule has 0 aliphatic carbocycles. The number of para-hydroxylation sites is 1. The van der Waals surface area contributed by atoms with Crippen LogP contribution < -0.4 is 4.74 Å². The average molecular weight is 205 g/mol. The van der Waals surface area contributed by atoms with Gasteiger partial charge in [0.1, 0.15) is 5.75 Å². The Kier molecular flexibility index (Phi) is 2.40. The number of ether oxygens (including phenoxy) is 1. The Labute approximate surface area is 88.9 Å². The molecule has 0 radical (unpaired) electrons. The summed E-state index contributed by atoms with van der Waals surface area (Å²) in [5.41, 5.74) is 1.96. The van der Waals surface area contributed by atoms with Gasteiger partial charge in [-0.1, -0.05) is 12.1 Å². The number of nitrogens with zero attached hydrogens (tertiary/aromatic N) is 1. The van der Waals surface area contributed by atoms with Gasteiger partial charge in [-0.2, -0.15) is 0 Å². The summed E-state index contributed by atoms with van der Waals surface area (Å²) in [5.74, 6) is 0.835. The lowest BCUT2D eigenvalue weighted by Gasteiger charge is -2.04. The van der Waals surface area contributed by atoms with Gasteiger partial charge in [-0.15, -0.1) is 0 Å². The van der Waals surface area contributed by atoms with E-state index in [1.165, 1.54) is 0 Å². The molecule has 1 aromatic carbocycles. The van der Waals surface area contributed by atoms with Crippen molar-refractivity contribution in [1.29, 1.82) is 0 Å². The predicted molar refractivity (Wildman–Crippen MR) is 60.1 cm³/mol. The number of hydrogen-bond acceptors (Lipinski definition) is 2. The van der Waals surface area contributed by atoms with Crippen molar-refractivity contribution in [1.82, 2.24) is 4.57 Å². The van der Waals surface area contributed by atoms with Crippen LogP contribution in [-0.4, -0.2) is 16.8 Å². The Bertz CT molecular complexity index is 486. The van der Waals surface area contributed by atoms with Gasteiger partial charge in [0.15, 0.2) is 0 Å². The fraction of sp³-hybridized carbons (Fsp3) is 0.333. The number of aliphatic hydroxyl groups is 1. The van der Waals surface area contributed by atoms with E-state index >= 15 is 0 Å². The highest BCUT2D eigenvalue weighted by molar-refractivity contribution is 5.89. The Balaban J connectivity index is 2.79. The molecule has 0 saturated heterocycles. The molecule has 0 aliphatic rings. The van der Waals surface area contributed by atoms with Gasteiger partial charge in [-0.3, -0.25) is 0 Å². The summed E-state index contributed by atoms with van der Waals surface area (Å²) in [5, 5.41) is 10.7. The molecule has 2 aromatic rings. The first-order valence-electron chi connectivity index (χ1n) is 4.95. The van der Waals surface area contributed by atoms with E-state index in [-0.39, 0.29) is 0 Å². The van der Waals surface area contributed by atoms with Crippen LogP contribution in [-0.2, 0) is 7.05 Å². The quantitative estimate of drug-likeness (QED) is 0.815. The number of aryl methyl sites for hydroxylation is 1. The van der Waals surface area contributed by atoms with Gasteiger partial charge < -0.3 is 14.4 Å². The van der Waals surface area contributed by atoms with Crippen LogP contribution in [0.3, 0.4) is 0 Å². The molecule has 0 aliphatic heterocycles. The van der Waals surface area contributed by atoms with Crippen molar-refractivity contribution in [3.8, 4) is 5.75 Å². The van der Waals surface area contributed by atoms with Gasteiger partial charge in [-0.05, 0) is 13.0 Å². The van der Waals surface area contributed by atoms with Crippen molar-refractivity contribution in [2.45, 2.75) is 13.0 Å². The molecule has 3 heteroatoms. The molecule has 1 heterocycles. The van der Waals surface area contributed by atoms with Crippen LogP contribution in [0.2, 0.25) is 0 Å². The van der Waals surface area contributed by atoms with Crippen LogP contribution in [0.5, 0.6) is 5.75 Å². The molecule has 0 spiro atoms. The van der Waals surface area contributed by atoms with Gasteiger partial charge in [0.05, 0.1) is 18.7 Å². The minimum absolute atomic E-state index is 0.458. The highest BCUT2D eigenvalue weighted by Crippen LogP contribution is 2.31. The maximum absolute atomic E-state index is 9.64. The zero-order chi connectivity index (χ0) is 11.0. The Hall–Kier alpha value is -1.48. The molecule has 0 saturated carbocycles. The molecule has 0 fully saturated rings. The van der Waals surface area contributed by atoms with E-state index in [2.05, 4.69) is 0 Å². The summed E-state index contributed by atoms with van der Waals surface area (Å²) >= 11 is 0. The van der Waals surface area contributed by atoms with Crippen molar-refractivity contribution >= 4 is 10.9 Å². The number of rotatable bonds is 2. The highest BCUT2D eigenvalue weighted by atomic mass is 16.5. The molecular formula is C12H15NO2. The topological polar surface area (TPSA) is 34.4 Å². The first-order valence-corrected chi connectivity index (χ1v) is 4.95. The van der Waals surface area contributed by atoms with E-state index in [4.69, 9.17) is 4.74 Å². The maximum atomic E-state index is 9.64. The highest BCUT2D eigenvalue weighted by Gasteiger charge is 2.13. The summed E-state index contributed by atoms with van der Waals surface area (Å²) in [6, 6.07) is 5.86. The Morgan fingerprint density at radius 2 is 2.13 bits per heavy atom. The summed E-state index contributed by atoms with van der Waals surface area (Å²) in [6.07, 6.45) is 1.48. The lowest BCUT2D eigenvalue weighted by molar-refractivity contribution is 0.200. The van der Waals surface area contributed by atoms with Gasteiger partial charge >= 0.3 is 0 Å². The number of methoxy groups -OCH3 is 1. The largest absolute Gasteiger partial charge is 0.495 e. The van der Waals surface area contributed by atoms with Crippen molar-refractivity contribution < 1.29 is 9.84 Å².